The van der Waals surface area contributed by atoms with E-state index in [0.717, 1.165) is 41.0 Å². The van der Waals surface area contributed by atoms with Crippen molar-refractivity contribution < 1.29 is 31.5 Å². The van der Waals surface area contributed by atoms with Gasteiger partial charge in [0.2, 0.25) is 0 Å². The number of amides is 1. The summed E-state index contributed by atoms with van der Waals surface area (Å²) in [6.45, 7) is 3.80. The number of nitrogens with one attached hydrogen (secondary N) is 1. The van der Waals surface area contributed by atoms with E-state index in [1.54, 1.807) is 24.3 Å². The molecule has 40 heavy (non-hydrogen) atoms. The fraction of sp³-hybridized carbons (Fsp3) is 0.241. The molecule has 3 N–H and O–H groups in total. The molecule has 210 valence electrons. The highest BCUT2D eigenvalue weighted by molar-refractivity contribution is 5.82. The molecule has 0 aromatic heterocycles. The van der Waals surface area contributed by atoms with Crippen molar-refractivity contribution in [2.24, 2.45) is 10.7 Å². The van der Waals surface area contributed by atoms with Crippen LogP contribution in [0.2, 0.25) is 0 Å². The van der Waals surface area contributed by atoms with Gasteiger partial charge in [-0.25, -0.2) is 18.6 Å². The van der Waals surface area contributed by atoms with Crippen LogP contribution < -0.4 is 15.8 Å². The molecule has 1 amide bonds. The molecule has 0 radical (unpaired) electrons. The third-order valence-electron chi connectivity index (χ3n) is 6.63. The van der Waals surface area contributed by atoms with E-state index in [1.165, 1.54) is 24.3 Å². The van der Waals surface area contributed by atoms with E-state index in [9.17, 15) is 26.7 Å². The Bertz CT molecular complexity index is 1360. The maximum atomic E-state index is 13.7. The molecule has 1 heterocycles. The Morgan fingerprint density at radius 1 is 0.975 bits per heavy atom. The second kappa shape index (κ2) is 11.8. The first-order chi connectivity index (χ1) is 19.0. The monoisotopic (exact) mass is 558 g/mol. The lowest BCUT2D eigenvalue weighted by Gasteiger charge is -2.42. The zero-order valence-corrected chi connectivity index (χ0v) is 21.7. The SMILES string of the molecule is CCC1=C(CNC(=O)Oc2ccc(C(F)(F)F)cc2)N=C(N)N(C(c2ccc(F)cc2)c2ccc(F)cc2)C1C. The highest BCUT2D eigenvalue weighted by Crippen LogP contribution is 2.36. The first-order valence-corrected chi connectivity index (χ1v) is 12.5. The molecule has 4 rings (SSSR count). The van der Waals surface area contributed by atoms with Crippen molar-refractivity contribution in [3.05, 3.63) is 112 Å². The number of nitrogens with two attached hydrogens (primary N) is 1. The van der Waals surface area contributed by atoms with Gasteiger partial charge in [-0.2, -0.15) is 13.2 Å². The van der Waals surface area contributed by atoms with Crippen LogP contribution in [-0.2, 0) is 6.18 Å². The number of halogens is 5. The third-order valence-corrected chi connectivity index (χ3v) is 6.63. The third kappa shape index (κ3) is 6.41. The average Bonchev–Trinajstić information content (AvgIpc) is 2.91. The lowest BCUT2D eigenvalue weighted by molar-refractivity contribution is -0.137. The summed E-state index contributed by atoms with van der Waals surface area (Å²) in [4.78, 5) is 18.8. The van der Waals surface area contributed by atoms with Crippen LogP contribution in [0.3, 0.4) is 0 Å². The molecule has 1 unspecified atom stereocenters. The van der Waals surface area contributed by atoms with E-state index in [-0.39, 0.29) is 24.3 Å². The van der Waals surface area contributed by atoms with Gasteiger partial charge in [0.1, 0.15) is 17.4 Å². The van der Waals surface area contributed by atoms with Crippen molar-refractivity contribution in [2.75, 3.05) is 6.54 Å². The van der Waals surface area contributed by atoms with E-state index >= 15 is 0 Å². The van der Waals surface area contributed by atoms with E-state index < -0.39 is 35.5 Å². The molecule has 1 aliphatic heterocycles. The van der Waals surface area contributed by atoms with Crippen molar-refractivity contribution in [3.63, 3.8) is 0 Å². The Morgan fingerprint density at radius 2 is 1.50 bits per heavy atom. The van der Waals surface area contributed by atoms with E-state index in [0.29, 0.717) is 12.1 Å². The van der Waals surface area contributed by atoms with Crippen LogP contribution in [0.25, 0.3) is 0 Å². The van der Waals surface area contributed by atoms with Gasteiger partial charge in [-0.05, 0) is 78.6 Å². The van der Waals surface area contributed by atoms with Gasteiger partial charge in [-0.15, -0.1) is 0 Å². The molecule has 0 bridgehead atoms. The van der Waals surface area contributed by atoms with Crippen LogP contribution in [0.4, 0.5) is 26.7 Å². The summed E-state index contributed by atoms with van der Waals surface area (Å²) in [5, 5.41) is 2.57. The highest BCUT2D eigenvalue weighted by Gasteiger charge is 2.34. The van der Waals surface area contributed by atoms with E-state index in [2.05, 4.69) is 10.3 Å². The Morgan fingerprint density at radius 3 is 1.98 bits per heavy atom. The quantitative estimate of drug-likeness (QED) is 0.323. The molecule has 1 aliphatic rings. The number of ether oxygens (including phenoxy) is 1. The summed E-state index contributed by atoms with van der Waals surface area (Å²) < 4.78 is 70.8. The van der Waals surface area contributed by atoms with Gasteiger partial charge in [0.05, 0.1) is 29.9 Å². The fourth-order valence-electron chi connectivity index (χ4n) is 4.70. The smallest absolute Gasteiger partial charge is 0.410 e. The van der Waals surface area contributed by atoms with Crippen molar-refractivity contribution in [2.45, 2.75) is 38.5 Å². The number of benzene rings is 3. The molecule has 3 aromatic carbocycles. The highest BCUT2D eigenvalue weighted by atomic mass is 19.4. The molecule has 0 saturated heterocycles. The van der Waals surface area contributed by atoms with Crippen LogP contribution in [0.15, 0.2) is 89.1 Å². The van der Waals surface area contributed by atoms with Gasteiger partial charge < -0.3 is 20.7 Å². The van der Waals surface area contributed by atoms with Crippen molar-refractivity contribution in [1.29, 1.82) is 0 Å². The second-order valence-electron chi connectivity index (χ2n) is 9.15. The van der Waals surface area contributed by atoms with Crippen molar-refractivity contribution in [1.82, 2.24) is 10.2 Å². The molecule has 0 saturated carbocycles. The van der Waals surface area contributed by atoms with Crippen LogP contribution in [0.5, 0.6) is 5.75 Å². The summed E-state index contributed by atoms with van der Waals surface area (Å²) in [6.07, 6.45) is -4.82. The number of carbonyl (C=O) groups is 1. The van der Waals surface area contributed by atoms with Crippen LogP contribution >= 0.6 is 0 Å². The first-order valence-electron chi connectivity index (χ1n) is 12.5. The lowest BCUT2D eigenvalue weighted by atomic mass is 9.92. The predicted molar refractivity (Wildman–Crippen MR) is 140 cm³/mol. The minimum Gasteiger partial charge on any atom is -0.410 e. The first kappa shape index (κ1) is 28.6. The molecule has 3 aromatic rings. The van der Waals surface area contributed by atoms with Crippen LogP contribution in [-0.4, -0.2) is 29.5 Å². The summed E-state index contributed by atoms with van der Waals surface area (Å²) >= 11 is 0. The zero-order chi connectivity index (χ0) is 29.0. The summed E-state index contributed by atoms with van der Waals surface area (Å²) in [7, 11) is 0. The Hall–Kier alpha value is -4.41. The number of nitrogens with zero attached hydrogens (tertiary/aromatic N) is 2. The maximum absolute atomic E-state index is 13.7. The Labute approximate surface area is 228 Å². The zero-order valence-electron chi connectivity index (χ0n) is 21.7. The molecular weight excluding hydrogens is 531 g/mol. The summed E-state index contributed by atoms with van der Waals surface area (Å²) in [5.74, 6) is -0.722. The molecular formula is C29H27F5N4O2. The summed E-state index contributed by atoms with van der Waals surface area (Å²) in [5.41, 5.74) is 8.39. The fourth-order valence-corrected chi connectivity index (χ4v) is 4.70. The van der Waals surface area contributed by atoms with Crippen molar-refractivity contribution in [3.8, 4) is 5.75 Å². The minimum absolute atomic E-state index is 0.0424. The minimum atomic E-state index is -4.50. The standard InChI is InChI=1S/C29H27F5N4O2/c1-3-24-17(2)38(26(18-4-10-21(30)11-5-18)19-6-12-22(31)13-7-19)27(35)37-25(24)16-36-28(39)40-23-14-8-20(9-15-23)29(32,33)34/h4-15,17,26H,3,16H2,1-2H3,(H2,35,37)(H,36,39). The van der Waals surface area contributed by atoms with E-state index in [4.69, 9.17) is 10.5 Å². The molecule has 0 fully saturated rings. The second-order valence-corrected chi connectivity index (χ2v) is 9.15. The molecule has 11 heteroatoms. The average molecular weight is 559 g/mol. The number of carbonyl (C=O) groups excluding carboxylic acids is 1. The number of hydrogen-bond acceptors (Lipinski definition) is 5. The van der Waals surface area contributed by atoms with Gasteiger partial charge in [0.15, 0.2) is 5.96 Å². The normalized spacial score (nSPS) is 15.8. The van der Waals surface area contributed by atoms with Gasteiger partial charge in [0, 0.05) is 0 Å². The maximum Gasteiger partial charge on any atom is 0.416 e. The number of aliphatic imine (C=N–C) groups is 1. The number of rotatable bonds is 7. The molecule has 6 nitrogen and oxygen atoms in total. The van der Waals surface area contributed by atoms with E-state index in [1.807, 2.05) is 18.7 Å². The van der Waals surface area contributed by atoms with Crippen LogP contribution in [0, 0.1) is 11.6 Å². The van der Waals surface area contributed by atoms with Gasteiger partial charge in [-0.1, -0.05) is 31.2 Å². The summed E-state index contributed by atoms with van der Waals surface area (Å²) in [6, 6.07) is 14.8. The van der Waals surface area contributed by atoms with Gasteiger partial charge >= 0.3 is 12.3 Å². The molecule has 0 spiro atoms. The predicted octanol–water partition coefficient (Wildman–Crippen LogP) is 6.54. The number of alkyl halides is 3. The molecule has 0 aliphatic carbocycles. The largest absolute Gasteiger partial charge is 0.416 e. The number of guanidine groups is 1. The Balaban J connectivity index is 1.54. The van der Waals surface area contributed by atoms with Crippen molar-refractivity contribution >= 4 is 12.1 Å². The topological polar surface area (TPSA) is 79.9 Å². The molecule has 1 atom stereocenters. The lowest BCUT2D eigenvalue weighted by Crippen LogP contribution is -2.49. The van der Waals surface area contributed by atoms with Crippen LogP contribution in [0.1, 0.15) is 43.0 Å². The number of hydrogen-bond donors (Lipinski definition) is 2. The van der Waals surface area contributed by atoms with Gasteiger partial charge in [0.25, 0.3) is 0 Å². The Kier molecular flexibility index (Phi) is 8.41. The van der Waals surface area contributed by atoms with Gasteiger partial charge in [-0.3, -0.25) is 0 Å².